The molecular formula is C14H21N3O. The number of anilines is 1. The second kappa shape index (κ2) is 5.87. The SMILES string of the molecule is CN1CCCC(CNc2cccc(C(N)=O)c2)C1. The fourth-order valence-corrected chi connectivity index (χ4v) is 2.48. The molecule has 0 spiro atoms. The Bertz CT molecular complexity index is 419. The van der Waals surface area contributed by atoms with E-state index in [4.69, 9.17) is 5.73 Å². The Hall–Kier alpha value is -1.55. The van der Waals surface area contributed by atoms with E-state index in [0.29, 0.717) is 11.5 Å². The van der Waals surface area contributed by atoms with Crippen molar-refractivity contribution < 1.29 is 4.79 Å². The van der Waals surface area contributed by atoms with Crippen LogP contribution >= 0.6 is 0 Å². The molecule has 0 radical (unpaired) electrons. The number of hydrogen-bond acceptors (Lipinski definition) is 3. The molecule has 98 valence electrons. The molecule has 1 heterocycles. The van der Waals surface area contributed by atoms with E-state index in [-0.39, 0.29) is 5.91 Å². The van der Waals surface area contributed by atoms with E-state index < -0.39 is 0 Å². The quantitative estimate of drug-likeness (QED) is 0.848. The summed E-state index contributed by atoms with van der Waals surface area (Å²) in [5, 5.41) is 3.40. The molecule has 1 atom stereocenters. The molecule has 1 aliphatic rings. The molecule has 3 N–H and O–H groups in total. The Morgan fingerprint density at radius 1 is 1.56 bits per heavy atom. The smallest absolute Gasteiger partial charge is 0.248 e. The highest BCUT2D eigenvalue weighted by molar-refractivity contribution is 5.93. The maximum absolute atomic E-state index is 11.1. The van der Waals surface area contributed by atoms with E-state index in [1.807, 2.05) is 18.2 Å². The van der Waals surface area contributed by atoms with Gasteiger partial charge in [-0.2, -0.15) is 0 Å². The molecule has 18 heavy (non-hydrogen) atoms. The van der Waals surface area contributed by atoms with Crippen molar-refractivity contribution in [1.82, 2.24) is 4.90 Å². The highest BCUT2D eigenvalue weighted by Crippen LogP contribution is 2.17. The molecule has 2 rings (SSSR count). The summed E-state index contributed by atoms with van der Waals surface area (Å²) in [6.45, 7) is 3.29. The number of nitrogens with one attached hydrogen (secondary N) is 1. The summed E-state index contributed by atoms with van der Waals surface area (Å²) in [5.74, 6) is 0.303. The van der Waals surface area contributed by atoms with Gasteiger partial charge in [-0.25, -0.2) is 0 Å². The number of likely N-dealkylation sites (tertiary alicyclic amines) is 1. The molecule has 4 heteroatoms. The molecule has 0 aromatic heterocycles. The number of carbonyl (C=O) groups is 1. The number of benzene rings is 1. The van der Waals surface area contributed by atoms with Crippen LogP contribution in [0.15, 0.2) is 24.3 Å². The zero-order valence-corrected chi connectivity index (χ0v) is 10.9. The number of carbonyl (C=O) groups excluding carboxylic acids is 1. The average Bonchev–Trinajstić information content (AvgIpc) is 2.37. The zero-order valence-electron chi connectivity index (χ0n) is 10.9. The van der Waals surface area contributed by atoms with Gasteiger partial charge in [0.05, 0.1) is 0 Å². The zero-order chi connectivity index (χ0) is 13.0. The summed E-state index contributed by atoms with van der Waals surface area (Å²) in [4.78, 5) is 13.5. The molecule has 1 unspecified atom stereocenters. The van der Waals surface area contributed by atoms with Gasteiger partial charge in [-0.15, -0.1) is 0 Å². The summed E-state index contributed by atoms with van der Waals surface area (Å²) in [6, 6.07) is 7.38. The predicted octanol–water partition coefficient (Wildman–Crippen LogP) is 1.54. The van der Waals surface area contributed by atoms with Gasteiger partial charge in [0, 0.05) is 24.3 Å². The van der Waals surface area contributed by atoms with Crippen LogP contribution in [0.25, 0.3) is 0 Å². The van der Waals surface area contributed by atoms with Crippen molar-refractivity contribution in [1.29, 1.82) is 0 Å². The lowest BCUT2D eigenvalue weighted by Gasteiger charge is -2.30. The van der Waals surface area contributed by atoms with Crippen molar-refractivity contribution in [3.05, 3.63) is 29.8 Å². The Morgan fingerprint density at radius 3 is 3.11 bits per heavy atom. The van der Waals surface area contributed by atoms with Crippen LogP contribution in [-0.2, 0) is 0 Å². The molecule has 1 aromatic rings. The Morgan fingerprint density at radius 2 is 2.39 bits per heavy atom. The van der Waals surface area contributed by atoms with Crippen LogP contribution in [0.5, 0.6) is 0 Å². The second-order valence-corrected chi connectivity index (χ2v) is 5.10. The number of nitrogens with zero attached hydrogens (tertiary/aromatic N) is 1. The molecule has 1 fully saturated rings. The minimum Gasteiger partial charge on any atom is -0.385 e. The van der Waals surface area contributed by atoms with E-state index in [2.05, 4.69) is 17.3 Å². The van der Waals surface area contributed by atoms with Gasteiger partial charge in [-0.05, 0) is 50.6 Å². The van der Waals surface area contributed by atoms with E-state index in [1.54, 1.807) is 6.07 Å². The molecule has 4 nitrogen and oxygen atoms in total. The number of nitrogens with two attached hydrogens (primary N) is 1. The normalized spacial score (nSPS) is 20.6. The van der Waals surface area contributed by atoms with Gasteiger partial charge in [0.2, 0.25) is 5.91 Å². The van der Waals surface area contributed by atoms with Crippen molar-refractivity contribution in [3.63, 3.8) is 0 Å². The van der Waals surface area contributed by atoms with Crippen LogP contribution in [0.4, 0.5) is 5.69 Å². The van der Waals surface area contributed by atoms with Crippen LogP contribution in [-0.4, -0.2) is 37.5 Å². The Kier molecular flexibility index (Phi) is 4.20. The fraction of sp³-hybridized carbons (Fsp3) is 0.500. The monoisotopic (exact) mass is 247 g/mol. The van der Waals surface area contributed by atoms with Crippen LogP contribution in [0, 0.1) is 5.92 Å². The summed E-state index contributed by atoms with van der Waals surface area (Å²) in [6.07, 6.45) is 2.54. The van der Waals surface area contributed by atoms with Gasteiger partial charge >= 0.3 is 0 Å². The summed E-state index contributed by atoms with van der Waals surface area (Å²) in [7, 11) is 2.17. The van der Waals surface area contributed by atoms with Crippen LogP contribution in [0.3, 0.4) is 0 Å². The predicted molar refractivity (Wildman–Crippen MR) is 73.7 cm³/mol. The molecule has 1 amide bonds. The first-order valence-corrected chi connectivity index (χ1v) is 6.47. The molecule has 0 bridgehead atoms. The van der Waals surface area contributed by atoms with Gasteiger partial charge in [0.15, 0.2) is 0 Å². The molecule has 1 saturated heterocycles. The van der Waals surface area contributed by atoms with Crippen molar-refractivity contribution in [2.75, 3.05) is 32.0 Å². The summed E-state index contributed by atoms with van der Waals surface area (Å²) < 4.78 is 0. The minimum atomic E-state index is -0.379. The van der Waals surface area contributed by atoms with Crippen LogP contribution in [0.2, 0.25) is 0 Å². The van der Waals surface area contributed by atoms with Gasteiger partial charge < -0.3 is 16.0 Å². The third kappa shape index (κ3) is 3.47. The average molecular weight is 247 g/mol. The summed E-state index contributed by atoms with van der Waals surface area (Å²) >= 11 is 0. The highest BCUT2D eigenvalue weighted by atomic mass is 16.1. The van der Waals surface area contributed by atoms with E-state index in [9.17, 15) is 4.79 Å². The first-order chi connectivity index (χ1) is 8.65. The lowest BCUT2D eigenvalue weighted by molar-refractivity contribution is 0.100. The minimum absolute atomic E-state index is 0.379. The second-order valence-electron chi connectivity index (χ2n) is 5.10. The van der Waals surface area contributed by atoms with E-state index >= 15 is 0 Å². The topological polar surface area (TPSA) is 58.4 Å². The summed E-state index contributed by atoms with van der Waals surface area (Å²) in [5.41, 5.74) is 6.79. The molecule has 1 aromatic carbocycles. The third-order valence-corrected chi connectivity index (χ3v) is 3.46. The Labute approximate surface area is 108 Å². The number of rotatable bonds is 4. The van der Waals surface area contributed by atoms with Crippen molar-refractivity contribution in [2.24, 2.45) is 11.7 Å². The standard InChI is InChI=1S/C14H21N3O/c1-17-7-3-4-11(10-17)9-16-13-6-2-5-12(8-13)14(15)18/h2,5-6,8,11,16H,3-4,7,9-10H2,1H3,(H2,15,18). The highest BCUT2D eigenvalue weighted by Gasteiger charge is 2.16. The maximum atomic E-state index is 11.1. The van der Waals surface area contributed by atoms with Crippen molar-refractivity contribution >= 4 is 11.6 Å². The molecule has 1 aliphatic heterocycles. The van der Waals surface area contributed by atoms with Crippen LogP contribution < -0.4 is 11.1 Å². The third-order valence-electron chi connectivity index (χ3n) is 3.46. The largest absolute Gasteiger partial charge is 0.385 e. The first kappa shape index (κ1) is 12.9. The Balaban J connectivity index is 1.89. The maximum Gasteiger partial charge on any atom is 0.248 e. The van der Waals surface area contributed by atoms with E-state index in [1.165, 1.54) is 19.4 Å². The van der Waals surface area contributed by atoms with Gasteiger partial charge in [-0.3, -0.25) is 4.79 Å². The van der Waals surface area contributed by atoms with Crippen molar-refractivity contribution in [2.45, 2.75) is 12.8 Å². The van der Waals surface area contributed by atoms with E-state index in [0.717, 1.165) is 18.8 Å². The number of amides is 1. The molecule has 0 aliphatic carbocycles. The molecule has 0 saturated carbocycles. The molecular weight excluding hydrogens is 226 g/mol. The number of piperidine rings is 1. The van der Waals surface area contributed by atoms with Gasteiger partial charge in [0.1, 0.15) is 0 Å². The fourth-order valence-electron chi connectivity index (χ4n) is 2.48. The van der Waals surface area contributed by atoms with Gasteiger partial charge in [0.25, 0.3) is 0 Å². The number of hydrogen-bond donors (Lipinski definition) is 2. The van der Waals surface area contributed by atoms with Gasteiger partial charge in [-0.1, -0.05) is 6.07 Å². The first-order valence-electron chi connectivity index (χ1n) is 6.47. The number of primary amides is 1. The lowest BCUT2D eigenvalue weighted by atomic mass is 9.98. The van der Waals surface area contributed by atoms with Crippen molar-refractivity contribution in [3.8, 4) is 0 Å². The van der Waals surface area contributed by atoms with Crippen LogP contribution in [0.1, 0.15) is 23.2 Å². The lowest BCUT2D eigenvalue weighted by Crippen LogP contribution is -2.35.